The molecule has 6 heteroatoms. The maximum Gasteiger partial charge on any atom is 0.238 e. The standard InChI is InChI=1S/C19H23ClF2N2O/c1-4-17(22)25-18-13(20)9-12(10-14(18)21)24-11-19(2,3)23-15-7-5-6-8-16(15)24/h5-9,14,17,23H,4,10-11H2,1-3H3. The van der Waals surface area contributed by atoms with E-state index in [0.29, 0.717) is 6.54 Å². The second-order valence-corrected chi connectivity index (χ2v) is 7.48. The zero-order valence-corrected chi connectivity index (χ0v) is 15.4. The molecule has 136 valence electrons. The van der Waals surface area contributed by atoms with E-state index in [1.54, 1.807) is 13.0 Å². The molecule has 0 bridgehead atoms. The third-order valence-corrected chi connectivity index (χ3v) is 4.64. The fraction of sp³-hybridized carbons (Fsp3) is 0.474. The van der Waals surface area contributed by atoms with Gasteiger partial charge in [0.15, 0.2) is 11.9 Å². The van der Waals surface area contributed by atoms with Crippen LogP contribution >= 0.6 is 11.6 Å². The number of hydrogen-bond donors (Lipinski definition) is 1. The number of anilines is 2. The van der Waals surface area contributed by atoms with Gasteiger partial charge in [0, 0.05) is 30.6 Å². The highest BCUT2D eigenvalue weighted by Crippen LogP contribution is 2.40. The van der Waals surface area contributed by atoms with E-state index in [2.05, 4.69) is 24.1 Å². The number of hydrogen-bond acceptors (Lipinski definition) is 3. The molecule has 0 radical (unpaired) electrons. The van der Waals surface area contributed by atoms with Gasteiger partial charge < -0.3 is 15.0 Å². The molecular formula is C19H23ClF2N2O. The van der Waals surface area contributed by atoms with E-state index in [4.69, 9.17) is 16.3 Å². The fourth-order valence-corrected chi connectivity index (χ4v) is 3.49. The molecule has 0 fully saturated rings. The molecule has 0 saturated carbocycles. The first-order chi connectivity index (χ1) is 11.8. The Morgan fingerprint density at radius 1 is 1.40 bits per heavy atom. The summed E-state index contributed by atoms with van der Waals surface area (Å²) in [5.41, 5.74) is 2.55. The van der Waals surface area contributed by atoms with E-state index >= 15 is 0 Å². The molecule has 1 N–H and O–H groups in total. The second kappa shape index (κ2) is 6.87. The Bertz CT molecular complexity index is 717. The van der Waals surface area contributed by atoms with Gasteiger partial charge in [-0.05, 0) is 32.1 Å². The first-order valence-corrected chi connectivity index (χ1v) is 8.88. The van der Waals surface area contributed by atoms with E-state index in [9.17, 15) is 8.78 Å². The molecule has 2 unspecified atom stereocenters. The number of alkyl halides is 2. The van der Waals surface area contributed by atoms with Gasteiger partial charge in [-0.1, -0.05) is 30.7 Å². The number of ether oxygens (including phenoxy) is 1. The van der Waals surface area contributed by atoms with E-state index in [0.717, 1.165) is 17.1 Å². The largest absolute Gasteiger partial charge is 0.460 e. The number of fused-ring (bicyclic) bond motifs is 1. The Morgan fingerprint density at radius 3 is 2.80 bits per heavy atom. The van der Waals surface area contributed by atoms with Crippen LogP contribution in [0, 0.1) is 0 Å². The molecule has 2 atom stereocenters. The van der Waals surface area contributed by atoms with Crippen LogP contribution < -0.4 is 10.2 Å². The van der Waals surface area contributed by atoms with Crippen LogP contribution in [0.5, 0.6) is 0 Å². The summed E-state index contributed by atoms with van der Waals surface area (Å²) in [6, 6.07) is 7.90. The van der Waals surface area contributed by atoms with Crippen LogP contribution in [0.15, 0.2) is 46.8 Å². The number of para-hydroxylation sites is 2. The third kappa shape index (κ3) is 3.76. The van der Waals surface area contributed by atoms with Gasteiger partial charge in [-0.25, -0.2) is 8.78 Å². The molecule has 3 rings (SSSR count). The zero-order valence-electron chi connectivity index (χ0n) is 14.7. The van der Waals surface area contributed by atoms with Crippen molar-refractivity contribution in [2.75, 3.05) is 16.8 Å². The molecule has 25 heavy (non-hydrogen) atoms. The lowest BCUT2D eigenvalue weighted by Crippen LogP contribution is -2.48. The second-order valence-electron chi connectivity index (χ2n) is 7.07. The molecular weight excluding hydrogens is 346 g/mol. The van der Waals surface area contributed by atoms with Gasteiger partial charge in [0.1, 0.15) is 0 Å². The molecule has 1 aliphatic heterocycles. The smallest absolute Gasteiger partial charge is 0.238 e. The van der Waals surface area contributed by atoms with Crippen LogP contribution in [0.2, 0.25) is 0 Å². The minimum atomic E-state index is -1.55. The Hall–Kier alpha value is -1.75. The normalized spacial score (nSPS) is 23.5. The van der Waals surface area contributed by atoms with Gasteiger partial charge in [-0.2, -0.15) is 0 Å². The first kappa shape index (κ1) is 18.1. The average Bonchev–Trinajstić information content (AvgIpc) is 2.56. The van der Waals surface area contributed by atoms with Gasteiger partial charge in [-0.15, -0.1) is 0 Å². The molecule has 0 spiro atoms. The summed E-state index contributed by atoms with van der Waals surface area (Å²) in [5, 5.41) is 3.61. The van der Waals surface area contributed by atoms with Crippen molar-refractivity contribution in [1.29, 1.82) is 0 Å². The Labute approximate surface area is 152 Å². The SMILES string of the molecule is CCC(F)OC1=C(Cl)C=C(N2CC(C)(C)Nc3ccccc32)CC1F. The maximum absolute atomic E-state index is 14.7. The quantitative estimate of drug-likeness (QED) is 0.759. The first-order valence-electron chi connectivity index (χ1n) is 8.50. The van der Waals surface area contributed by atoms with Crippen LogP contribution in [0.25, 0.3) is 0 Å². The van der Waals surface area contributed by atoms with Crippen molar-refractivity contribution < 1.29 is 13.5 Å². The summed E-state index contributed by atoms with van der Waals surface area (Å²) in [7, 11) is 0. The Kier molecular flexibility index (Phi) is 4.96. The molecule has 0 aromatic heterocycles. The Balaban J connectivity index is 1.95. The number of rotatable bonds is 4. The minimum Gasteiger partial charge on any atom is -0.460 e. The molecule has 1 aliphatic carbocycles. The number of allylic oxidation sites excluding steroid dienone is 4. The van der Waals surface area contributed by atoms with E-state index < -0.39 is 12.5 Å². The molecule has 0 saturated heterocycles. The summed E-state index contributed by atoms with van der Waals surface area (Å²) < 4.78 is 33.2. The molecule has 1 aromatic rings. The average molecular weight is 369 g/mol. The van der Waals surface area contributed by atoms with Crippen LogP contribution in [-0.4, -0.2) is 24.6 Å². The zero-order chi connectivity index (χ0) is 18.2. The molecule has 1 aromatic carbocycles. The van der Waals surface area contributed by atoms with E-state index in [1.165, 1.54) is 0 Å². The van der Waals surface area contributed by atoms with Crippen molar-refractivity contribution >= 4 is 23.0 Å². The number of nitrogens with zero attached hydrogens (tertiary/aromatic N) is 1. The molecule has 0 amide bonds. The van der Waals surface area contributed by atoms with Crippen molar-refractivity contribution in [3.63, 3.8) is 0 Å². The van der Waals surface area contributed by atoms with Crippen molar-refractivity contribution in [1.82, 2.24) is 0 Å². The predicted molar refractivity (Wildman–Crippen MR) is 98.2 cm³/mol. The lowest BCUT2D eigenvalue weighted by Gasteiger charge is -2.43. The van der Waals surface area contributed by atoms with Crippen LogP contribution in [0.1, 0.15) is 33.6 Å². The van der Waals surface area contributed by atoms with Crippen LogP contribution in [0.4, 0.5) is 20.2 Å². The lowest BCUT2D eigenvalue weighted by atomic mass is 9.96. The van der Waals surface area contributed by atoms with Gasteiger partial charge in [0.05, 0.1) is 16.4 Å². The summed E-state index contributed by atoms with van der Waals surface area (Å²) in [4.78, 5) is 2.07. The summed E-state index contributed by atoms with van der Waals surface area (Å²) in [6.45, 7) is 6.49. The van der Waals surface area contributed by atoms with Gasteiger partial charge in [0.25, 0.3) is 0 Å². The predicted octanol–water partition coefficient (Wildman–Crippen LogP) is 5.50. The molecule has 2 aliphatic rings. The van der Waals surface area contributed by atoms with Crippen molar-refractivity contribution in [2.45, 2.75) is 51.7 Å². The van der Waals surface area contributed by atoms with Crippen molar-refractivity contribution in [3.8, 4) is 0 Å². The summed E-state index contributed by atoms with van der Waals surface area (Å²) >= 11 is 6.22. The maximum atomic E-state index is 14.7. The highest BCUT2D eigenvalue weighted by molar-refractivity contribution is 6.31. The fourth-order valence-electron chi connectivity index (χ4n) is 3.20. The summed E-state index contributed by atoms with van der Waals surface area (Å²) in [6.07, 6.45) is -1.06. The molecule has 3 nitrogen and oxygen atoms in total. The minimum absolute atomic E-state index is 0.104. The van der Waals surface area contributed by atoms with E-state index in [-0.39, 0.29) is 29.2 Å². The number of benzene rings is 1. The number of halogens is 3. The summed E-state index contributed by atoms with van der Waals surface area (Å²) in [5.74, 6) is -0.109. The lowest BCUT2D eigenvalue weighted by molar-refractivity contribution is -0.0147. The highest BCUT2D eigenvalue weighted by atomic mass is 35.5. The topological polar surface area (TPSA) is 24.5 Å². The van der Waals surface area contributed by atoms with Gasteiger partial charge >= 0.3 is 0 Å². The highest BCUT2D eigenvalue weighted by Gasteiger charge is 2.35. The van der Waals surface area contributed by atoms with Gasteiger partial charge in [0.2, 0.25) is 6.36 Å². The number of nitrogens with one attached hydrogen (secondary N) is 1. The van der Waals surface area contributed by atoms with Crippen LogP contribution in [-0.2, 0) is 4.74 Å². The van der Waals surface area contributed by atoms with Gasteiger partial charge in [-0.3, -0.25) is 0 Å². The Morgan fingerprint density at radius 2 is 2.12 bits per heavy atom. The monoisotopic (exact) mass is 368 g/mol. The van der Waals surface area contributed by atoms with Crippen LogP contribution in [0.3, 0.4) is 0 Å². The third-order valence-electron chi connectivity index (χ3n) is 4.35. The van der Waals surface area contributed by atoms with Crippen molar-refractivity contribution in [3.05, 3.63) is 46.8 Å². The molecule has 1 heterocycles. The van der Waals surface area contributed by atoms with Crippen molar-refractivity contribution in [2.24, 2.45) is 0 Å². The van der Waals surface area contributed by atoms with E-state index in [1.807, 2.05) is 24.3 Å².